The van der Waals surface area contributed by atoms with E-state index in [1.54, 1.807) is 0 Å². The van der Waals surface area contributed by atoms with Crippen molar-refractivity contribution in [1.82, 2.24) is 0 Å². The van der Waals surface area contributed by atoms with Gasteiger partial charge in [0.05, 0.1) is 0 Å². The van der Waals surface area contributed by atoms with E-state index in [2.05, 4.69) is 5.39 Å². The van der Waals surface area contributed by atoms with Gasteiger partial charge in [0.25, 0.3) is 0 Å². The molecule has 0 aromatic rings. The number of carbonyl (C=O) groups excluding carboxylic acids is 1. The number of hydrogen-bond acceptors (Lipinski definition) is 2. The maximum atomic E-state index is 11.1. The molecule has 2 nitrogen and oxygen atoms in total. The molecule has 1 rings (SSSR count). The van der Waals surface area contributed by atoms with Crippen LogP contribution in [-0.4, -0.2) is 31.7 Å². The summed E-state index contributed by atoms with van der Waals surface area (Å²) in [6.45, 7) is 5.75. The zero-order valence-corrected chi connectivity index (χ0v) is 8.26. The van der Waals surface area contributed by atoms with Gasteiger partial charge in [0.1, 0.15) is 0 Å². The SMILES string of the molecule is [CH2]=[Al][C]1=C(C)C(C)(C)OC1=O. The van der Waals surface area contributed by atoms with Gasteiger partial charge in [-0.15, -0.1) is 0 Å². The van der Waals surface area contributed by atoms with Crippen molar-refractivity contribution in [3.63, 3.8) is 0 Å². The Balaban J connectivity index is 3.14. The standard InChI is InChI=1S/C7H9O2.CH2.Al/c1-5-4-6(8)9-7(5,2)3;;/h1-3H3;1H2;. The summed E-state index contributed by atoms with van der Waals surface area (Å²) >= 11 is -0.162. The second-order valence-electron chi connectivity index (χ2n) is 3.14. The summed E-state index contributed by atoms with van der Waals surface area (Å²) in [5.41, 5.74) is 0.657. The molecule has 0 saturated carbocycles. The molecule has 1 aliphatic rings. The Bertz CT molecular complexity index is 251. The van der Waals surface area contributed by atoms with E-state index in [9.17, 15) is 4.79 Å². The van der Waals surface area contributed by atoms with Gasteiger partial charge in [0.15, 0.2) is 0 Å². The van der Waals surface area contributed by atoms with E-state index in [1.807, 2.05) is 20.8 Å². The third kappa shape index (κ3) is 1.31. The van der Waals surface area contributed by atoms with Gasteiger partial charge in [-0.05, 0) is 0 Å². The molecule has 1 heterocycles. The number of rotatable bonds is 1. The molecule has 1 aliphatic heterocycles. The Morgan fingerprint density at radius 3 is 2.27 bits per heavy atom. The molecule has 0 fully saturated rings. The van der Waals surface area contributed by atoms with Gasteiger partial charge in [-0.3, -0.25) is 0 Å². The van der Waals surface area contributed by atoms with Crippen molar-refractivity contribution in [1.29, 1.82) is 0 Å². The molecule has 0 aliphatic carbocycles. The fourth-order valence-corrected chi connectivity index (χ4v) is 1.96. The van der Waals surface area contributed by atoms with Crippen molar-refractivity contribution < 1.29 is 9.53 Å². The van der Waals surface area contributed by atoms with Gasteiger partial charge in [0.2, 0.25) is 0 Å². The predicted molar refractivity (Wildman–Crippen MR) is 45.7 cm³/mol. The second kappa shape index (κ2) is 2.58. The third-order valence-corrected chi connectivity index (χ3v) is 3.16. The molecular weight excluding hydrogens is 155 g/mol. The molecular formula is C8H11AlO2. The van der Waals surface area contributed by atoms with Crippen LogP contribution in [0.3, 0.4) is 0 Å². The second-order valence-corrected chi connectivity index (χ2v) is 4.13. The van der Waals surface area contributed by atoms with Gasteiger partial charge in [-0.25, -0.2) is 0 Å². The first-order valence-electron chi connectivity index (χ1n) is 3.56. The summed E-state index contributed by atoms with van der Waals surface area (Å²) in [5, 5.41) is 3.76. The molecule has 0 aromatic carbocycles. The van der Waals surface area contributed by atoms with E-state index < -0.39 is 5.60 Å². The van der Waals surface area contributed by atoms with Crippen molar-refractivity contribution in [3.05, 3.63) is 10.0 Å². The van der Waals surface area contributed by atoms with Crippen LogP contribution >= 0.6 is 0 Å². The molecule has 0 unspecified atom stereocenters. The molecule has 0 spiro atoms. The molecule has 0 aromatic heterocycles. The first-order chi connectivity index (χ1) is 4.99. The van der Waals surface area contributed by atoms with Gasteiger partial charge in [0, 0.05) is 0 Å². The van der Waals surface area contributed by atoms with Gasteiger partial charge >= 0.3 is 72.0 Å². The van der Waals surface area contributed by atoms with E-state index in [0.29, 0.717) is 0 Å². The summed E-state index contributed by atoms with van der Waals surface area (Å²) in [6.07, 6.45) is 0. The molecule has 0 N–H and O–H groups in total. The van der Waals surface area contributed by atoms with E-state index >= 15 is 0 Å². The van der Waals surface area contributed by atoms with Gasteiger partial charge < -0.3 is 0 Å². The molecule has 3 heteroatoms. The average Bonchev–Trinajstić information content (AvgIpc) is 2.04. The Kier molecular flexibility index (Phi) is 2.04. The Morgan fingerprint density at radius 2 is 2.09 bits per heavy atom. The molecule has 58 valence electrons. The molecule has 11 heavy (non-hydrogen) atoms. The van der Waals surface area contributed by atoms with Crippen LogP contribution in [0.5, 0.6) is 0 Å². The van der Waals surface area contributed by atoms with E-state index in [-0.39, 0.29) is 20.7 Å². The van der Waals surface area contributed by atoms with Crippen molar-refractivity contribution >= 4 is 26.1 Å². The molecule has 0 radical (unpaired) electrons. The van der Waals surface area contributed by atoms with Crippen LogP contribution in [0.4, 0.5) is 0 Å². The topological polar surface area (TPSA) is 26.3 Å². The Hall–Kier alpha value is -0.388. The van der Waals surface area contributed by atoms with Crippen LogP contribution in [0.2, 0.25) is 0 Å². The molecule has 0 saturated heterocycles. The summed E-state index contributed by atoms with van der Waals surface area (Å²) < 4.78 is 5.95. The fraction of sp³-hybridized carbons (Fsp3) is 0.500. The van der Waals surface area contributed by atoms with Gasteiger partial charge in [-0.1, -0.05) is 0 Å². The van der Waals surface area contributed by atoms with Crippen molar-refractivity contribution in [2.24, 2.45) is 0 Å². The first kappa shape index (κ1) is 8.71. The van der Waals surface area contributed by atoms with E-state index in [0.717, 1.165) is 10.0 Å². The summed E-state index contributed by atoms with van der Waals surface area (Å²) in [4.78, 5) is 11.1. The fourth-order valence-electron chi connectivity index (χ4n) is 1.08. The zero-order chi connectivity index (χ0) is 8.65. The van der Waals surface area contributed by atoms with E-state index in [1.165, 1.54) is 0 Å². The Morgan fingerprint density at radius 1 is 1.55 bits per heavy atom. The molecule has 0 amide bonds. The summed E-state index contributed by atoms with van der Waals surface area (Å²) in [6, 6.07) is 0. The van der Waals surface area contributed by atoms with Gasteiger partial charge in [-0.2, -0.15) is 0 Å². The predicted octanol–water partition coefficient (Wildman–Crippen LogP) is 0.732. The normalized spacial score (nSPS) is 21.5. The molecule has 0 atom stereocenters. The number of carbonyl (C=O) groups is 1. The molecule has 0 bridgehead atoms. The number of ether oxygens (including phenoxy) is 1. The van der Waals surface area contributed by atoms with Crippen LogP contribution in [0.15, 0.2) is 10.0 Å². The van der Waals surface area contributed by atoms with Crippen LogP contribution in [0.25, 0.3) is 0 Å². The average molecular weight is 166 g/mol. The van der Waals surface area contributed by atoms with Crippen LogP contribution < -0.4 is 0 Å². The van der Waals surface area contributed by atoms with Crippen molar-refractivity contribution in [2.45, 2.75) is 26.4 Å². The quantitative estimate of drug-likeness (QED) is 0.424. The van der Waals surface area contributed by atoms with E-state index in [4.69, 9.17) is 4.74 Å². The van der Waals surface area contributed by atoms with Crippen LogP contribution in [0, 0.1) is 0 Å². The minimum atomic E-state index is -0.392. The third-order valence-electron chi connectivity index (χ3n) is 2.08. The Labute approximate surface area is 72.5 Å². The monoisotopic (exact) mass is 166 g/mol. The minimum absolute atomic E-state index is 0.162. The number of hydrogen-bond donors (Lipinski definition) is 0. The van der Waals surface area contributed by atoms with Crippen LogP contribution in [-0.2, 0) is 9.53 Å². The first-order valence-corrected chi connectivity index (χ1v) is 4.95. The van der Waals surface area contributed by atoms with Crippen molar-refractivity contribution in [3.8, 4) is 0 Å². The zero-order valence-electron chi connectivity index (χ0n) is 7.10. The van der Waals surface area contributed by atoms with Crippen LogP contribution in [0.1, 0.15) is 20.8 Å². The number of esters is 1. The number of cyclic esters (lactones) is 1. The van der Waals surface area contributed by atoms with Crippen molar-refractivity contribution in [2.75, 3.05) is 0 Å². The summed E-state index contributed by atoms with van der Waals surface area (Å²) in [5.74, 6) is -0.169. The summed E-state index contributed by atoms with van der Waals surface area (Å²) in [7, 11) is 0. The maximum absolute atomic E-state index is 11.1.